The van der Waals surface area contributed by atoms with E-state index in [1.165, 1.54) is 29.0 Å². The first-order valence-electron chi connectivity index (χ1n) is 11.8. The van der Waals surface area contributed by atoms with Crippen LogP contribution < -0.4 is 16.2 Å². The maximum absolute atomic E-state index is 14.9. The number of hydrogen-bond donors (Lipinski definition) is 3. The highest BCUT2D eigenvalue weighted by Gasteiger charge is 2.50. The molecule has 1 heterocycles. The van der Waals surface area contributed by atoms with Crippen molar-refractivity contribution in [2.24, 2.45) is 11.8 Å². The summed E-state index contributed by atoms with van der Waals surface area (Å²) in [6, 6.07) is 15.2. The Hall–Kier alpha value is -3.53. The molecule has 2 unspecified atom stereocenters. The van der Waals surface area contributed by atoms with Gasteiger partial charge in [0.05, 0.1) is 28.8 Å². The number of halogens is 2. The van der Waals surface area contributed by atoms with Gasteiger partial charge in [-0.05, 0) is 69.4 Å². The maximum Gasteiger partial charge on any atom is 0.255 e. The third kappa shape index (κ3) is 6.25. The topological polar surface area (TPSA) is 104 Å². The molecule has 0 spiro atoms. The van der Waals surface area contributed by atoms with Crippen molar-refractivity contribution in [3.63, 3.8) is 0 Å². The molecule has 37 heavy (non-hydrogen) atoms. The van der Waals surface area contributed by atoms with E-state index in [4.69, 9.17) is 11.6 Å². The summed E-state index contributed by atoms with van der Waals surface area (Å²) in [5.41, 5.74) is -0.862. The standard InChI is InChI=1S/C27H28ClFN4O4/c1-32(2)16-27(37)14-20(25(35)30-18-8-6-17(28)7-9-18)21(15-27)26(36)31-23-11-10-19(13-22(23)29)33-12-4-3-5-24(33)34/h3-13,20-21,37H,14-16H2,1-2H3,(H,30,35)(H,31,36)/t20?,21-,27?/m0/s1. The van der Waals surface area contributed by atoms with E-state index in [1.54, 1.807) is 55.4 Å². The average Bonchev–Trinajstić information content (AvgIpc) is 3.19. The largest absolute Gasteiger partial charge is 0.389 e. The van der Waals surface area contributed by atoms with Crippen LogP contribution in [0, 0.1) is 17.7 Å². The number of amides is 2. The van der Waals surface area contributed by atoms with Crippen LogP contribution in [0.15, 0.2) is 71.7 Å². The van der Waals surface area contributed by atoms with Crippen LogP contribution in [0.1, 0.15) is 12.8 Å². The summed E-state index contributed by atoms with van der Waals surface area (Å²) < 4.78 is 16.2. The van der Waals surface area contributed by atoms with Crippen LogP contribution in [-0.2, 0) is 9.59 Å². The van der Waals surface area contributed by atoms with Crippen molar-refractivity contribution in [1.29, 1.82) is 0 Å². The molecular formula is C27H28ClFN4O4. The molecular weight excluding hydrogens is 499 g/mol. The predicted molar refractivity (Wildman–Crippen MR) is 140 cm³/mol. The van der Waals surface area contributed by atoms with E-state index in [-0.39, 0.29) is 30.6 Å². The molecule has 3 N–H and O–H groups in total. The van der Waals surface area contributed by atoms with Crippen LogP contribution in [0.3, 0.4) is 0 Å². The molecule has 3 aromatic rings. The maximum atomic E-state index is 14.9. The molecule has 1 aliphatic rings. The van der Waals surface area contributed by atoms with Gasteiger partial charge in [-0.1, -0.05) is 17.7 Å². The number of carbonyl (C=O) groups excluding carboxylic acids is 2. The Kier molecular flexibility index (Phi) is 7.77. The van der Waals surface area contributed by atoms with Crippen molar-refractivity contribution in [3.8, 4) is 5.69 Å². The van der Waals surface area contributed by atoms with Crippen LogP contribution in [0.2, 0.25) is 5.02 Å². The normalized spacial score (nSPS) is 21.1. The fraction of sp³-hybridized carbons (Fsp3) is 0.296. The quantitative estimate of drug-likeness (QED) is 0.437. The fourth-order valence-electron chi connectivity index (χ4n) is 4.84. The minimum Gasteiger partial charge on any atom is -0.389 e. The number of nitrogens with zero attached hydrogens (tertiary/aromatic N) is 2. The Morgan fingerprint density at radius 1 is 1.05 bits per heavy atom. The Morgan fingerprint density at radius 2 is 1.70 bits per heavy atom. The number of nitrogens with one attached hydrogen (secondary N) is 2. The molecule has 0 bridgehead atoms. The minimum absolute atomic E-state index is 0.0365. The van der Waals surface area contributed by atoms with Crippen LogP contribution in [-0.4, -0.2) is 52.6 Å². The SMILES string of the molecule is CN(C)CC1(O)CC(C(=O)Nc2ccc(Cl)cc2)[C@@H](C(=O)Nc2ccc(-n3ccccc3=O)cc2F)C1. The monoisotopic (exact) mass is 526 g/mol. The number of carbonyl (C=O) groups is 2. The van der Waals surface area contributed by atoms with Gasteiger partial charge in [0.1, 0.15) is 5.82 Å². The van der Waals surface area contributed by atoms with Crippen LogP contribution in [0.25, 0.3) is 5.69 Å². The molecule has 3 atom stereocenters. The molecule has 0 saturated heterocycles. The Balaban J connectivity index is 1.55. The molecule has 2 amide bonds. The lowest BCUT2D eigenvalue weighted by molar-refractivity contribution is -0.128. The highest BCUT2D eigenvalue weighted by atomic mass is 35.5. The van der Waals surface area contributed by atoms with E-state index in [0.29, 0.717) is 16.4 Å². The van der Waals surface area contributed by atoms with E-state index < -0.39 is 35.1 Å². The van der Waals surface area contributed by atoms with Gasteiger partial charge in [-0.3, -0.25) is 19.0 Å². The zero-order valence-corrected chi connectivity index (χ0v) is 21.2. The number of rotatable bonds is 7. The molecule has 1 aliphatic carbocycles. The summed E-state index contributed by atoms with van der Waals surface area (Å²) >= 11 is 5.92. The molecule has 0 radical (unpaired) electrons. The van der Waals surface area contributed by atoms with Crippen LogP contribution in [0.5, 0.6) is 0 Å². The summed E-state index contributed by atoms with van der Waals surface area (Å²) in [5, 5.41) is 17.1. The lowest BCUT2D eigenvalue weighted by atomic mass is 9.94. The molecule has 1 fully saturated rings. The number of hydrogen-bond acceptors (Lipinski definition) is 5. The van der Waals surface area contributed by atoms with Gasteiger partial charge in [-0.15, -0.1) is 0 Å². The number of aliphatic hydroxyl groups is 1. The van der Waals surface area contributed by atoms with Crippen LogP contribution in [0.4, 0.5) is 15.8 Å². The van der Waals surface area contributed by atoms with Crippen molar-refractivity contribution in [3.05, 3.63) is 88.1 Å². The highest BCUT2D eigenvalue weighted by Crippen LogP contribution is 2.41. The molecule has 8 nitrogen and oxygen atoms in total. The van der Waals surface area contributed by atoms with Crippen molar-refractivity contribution in [2.45, 2.75) is 18.4 Å². The van der Waals surface area contributed by atoms with E-state index >= 15 is 0 Å². The minimum atomic E-state index is -1.27. The van der Waals surface area contributed by atoms with Crippen molar-refractivity contribution >= 4 is 34.8 Å². The second-order valence-electron chi connectivity index (χ2n) is 9.64. The molecule has 10 heteroatoms. The summed E-state index contributed by atoms with van der Waals surface area (Å²) in [6.07, 6.45) is 1.62. The smallest absolute Gasteiger partial charge is 0.255 e. The summed E-state index contributed by atoms with van der Waals surface area (Å²) in [6.45, 7) is 0.260. The summed E-state index contributed by atoms with van der Waals surface area (Å²) in [4.78, 5) is 40.3. The van der Waals surface area contributed by atoms with Crippen molar-refractivity contribution < 1.29 is 19.1 Å². The lowest BCUT2D eigenvalue weighted by Gasteiger charge is -2.26. The fourth-order valence-corrected chi connectivity index (χ4v) is 4.97. The second-order valence-corrected chi connectivity index (χ2v) is 10.1. The van der Waals surface area contributed by atoms with Crippen molar-refractivity contribution in [1.82, 2.24) is 9.47 Å². The highest BCUT2D eigenvalue weighted by molar-refractivity contribution is 6.30. The van der Waals surface area contributed by atoms with Gasteiger partial charge in [-0.2, -0.15) is 0 Å². The molecule has 4 rings (SSSR count). The van der Waals surface area contributed by atoms with Gasteiger partial charge in [-0.25, -0.2) is 4.39 Å². The van der Waals surface area contributed by atoms with Gasteiger partial charge < -0.3 is 20.6 Å². The predicted octanol–water partition coefficient (Wildman–Crippen LogP) is 3.53. The lowest BCUT2D eigenvalue weighted by Crippen LogP contribution is -2.38. The number of aromatic nitrogens is 1. The Morgan fingerprint density at radius 3 is 2.30 bits per heavy atom. The van der Waals surface area contributed by atoms with Crippen LogP contribution >= 0.6 is 11.6 Å². The first-order valence-corrected chi connectivity index (χ1v) is 12.1. The third-order valence-corrected chi connectivity index (χ3v) is 6.64. The Labute approximate surface area is 218 Å². The summed E-state index contributed by atoms with van der Waals surface area (Å²) in [5.74, 6) is -3.46. The molecule has 1 aromatic heterocycles. The van der Waals surface area contributed by atoms with E-state index in [1.807, 2.05) is 0 Å². The molecule has 2 aromatic carbocycles. The molecule has 0 aliphatic heterocycles. The molecule has 1 saturated carbocycles. The van der Waals surface area contributed by atoms with Crippen molar-refractivity contribution in [2.75, 3.05) is 31.3 Å². The third-order valence-electron chi connectivity index (χ3n) is 6.39. The first-order chi connectivity index (χ1) is 17.5. The molecule has 194 valence electrons. The Bertz CT molecular complexity index is 1360. The van der Waals surface area contributed by atoms with Gasteiger partial charge in [0.15, 0.2) is 0 Å². The van der Waals surface area contributed by atoms with Gasteiger partial charge in [0.2, 0.25) is 11.8 Å². The summed E-state index contributed by atoms with van der Waals surface area (Å²) in [7, 11) is 3.59. The van der Waals surface area contributed by atoms with Gasteiger partial charge >= 0.3 is 0 Å². The first kappa shape index (κ1) is 26.5. The van der Waals surface area contributed by atoms with E-state index in [9.17, 15) is 23.9 Å². The van der Waals surface area contributed by atoms with E-state index in [2.05, 4.69) is 10.6 Å². The van der Waals surface area contributed by atoms with Gasteiger partial charge in [0.25, 0.3) is 5.56 Å². The van der Waals surface area contributed by atoms with Gasteiger partial charge in [0, 0.05) is 35.6 Å². The number of anilines is 2. The zero-order chi connectivity index (χ0) is 26.7. The second kappa shape index (κ2) is 10.8. The van der Waals surface area contributed by atoms with E-state index in [0.717, 1.165) is 6.07 Å². The number of benzene rings is 2. The number of likely N-dealkylation sites (N-methyl/N-ethyl adjacent to an activating group) is 1. The zero-order valence-electron chi connectivity index (χ0n) is 20.4. The number of pyridine rings is 1. The average molecular weight is 527 g/mol.